The summed E-state index contributed by atoms with van der Waals surface area (Å²) in [4.78, 5) is 16.7. The number of nitrogens with one attached hydrogen (secondary N) is 1. The number of aromatic amines is 1. The Morgan fingerprint density at radius 1 is 1.17 bits per heavy atom. The zero-order chi connectivity index (χ0) is 17.1. The third-order valence-electron chi connectivity index (χ3n) is 3.46. The maximum absolute atomic E-state index is 12.6. The number of hydrogen-bond donors (Lipinski definition) is 3. The molecule has 0 unspecified atom stereocenters. The highest BCUT2D eigenvalue weighted by Crippen LogP contribution is 2.24. The van der Waals surface area contributed by atoms with E-state index in [9.17, 15) is 15.0 Å². The van der Waals surface area contributed by atoms with Gasteiger partial charge in [0.25, 0.3) is 5.56 Å². The number of nitrogens with zero attached hydrogens (tertiary/aromatic N) is 2. The second-order valence-electron chi connectivity index (χ2n) is 5.03. The summed E-state index contributed by atoms with van der Waals surface area (Å²) in [5.41, 5.74) is 1.10. The van der Waals surface area contributed by atoms with Crippen molar-refractivity contribution in [2.45, 2.75) is 6.61 Å². The molecular formula is C17H14ClN3O3. The first kappa shape index (κ1) is 16.0. The van der Waals surface area contributed by atoms with Gasteiger partial charge in [0.15, 0.2) is 0 Å². The van der Waals surface area contributed by atoms with Crippen LogP contribution in [0.4, 0.5) is 5.69 Å². The molecule has 0 spiro atoms. The molecule has 0 fully saturated rings. The van der Waals surface area contributed by atoms with Crippen molar-refractivity contribution in [3.05, 3.63) is 75.2 Å². The number of hydrogen-bond acceptors (Lipinski definition) is 4. The number of phenolic OH excluding ortho intramolecular Hbond substituents is 1. The summed E-state index contributed by atoms with van der Waals surface area (Å²) in [5, 5.41) is 22.6. The lowest BCUT2D eigenvalue weighted by Gasteiger charge is -2.01. The minimum atomic E-state index is -0.361. The first-order valence-electron chi connectivity index (χ1n) is 7.13. The third kappa shape index (κ3) is 3.10. The van der Waals surface area contributed by atoms with Crippen LogP contribution in [0.1, 0.15) is 11.3 Å². The highest BCUT2D eigenvalue weighted by Gasteiger charge is 2.13. The summed E-state index contributed by atoms with van der Waals surface area (Å²) in [6, 6.07) is 13.2. The molecule has 122 valence electrons. The Morgan fingerprint density at radius 3 is 2.54 bits per heavy atom. The molecule has 3 aromatic rings. The van der Waals surface area contributed by atoms with Crippen LogP contribution in [0.2, 0.25) is 5.02 Å². The average Bonchev–Trinajstić information content (AvgIpc) is 2.91. The van der Waals surface area contributed by atoms with E-state index >= 15 is 0 Å². The van der Waals surface area contributed by atoms with E-state index in [-0.39, 0.29) is 23.5 Å². The predicted octanol–water partition coefficient (Wildman–Crippen LogP) is 2.77. The van der Waals surface area contributed by atoms with Crippen molar-refractivity contribution < 1.29 is 10.2 Å². The number of aromatic hydroxyl groups is 1. The van der Waals surface area contributed by atoms with Crippen molar-refractivity contribution in [2.75, 3.05) is 0 Å². The Morgan fingerprint density at radius 2 is 1.88 bits per heavy atom. The van der Waals surface area contributed by atoms with Crippen LogP contribution in [0.5, 0.6) is 5.75 Å². The molecule has 0 aliphatic heterocycles. The van der Waals surface area contributed by atoms with Crippen LogP contribution in [0.25, 0.3) is 5.69 Å². The van der Waals surface area contributed by atoms with Gasteiger partial charge in [0, 0.05) is 11.2 Å². The lowest BCUT2D eigenvalue weighted by Crippen LogP contribution is -2.17. The number of halogens is 1. The Hall–Kier alpha value is -2.83. The Labute approximate surface area is 142 Å². The van der Waals surface area contributed by atoms with Gasteiger partial charge < -0.3 is 10.2 Å². The van der Waals surface area contributed by atoms with Crippen LogP contribution in [-0.4, -0.2) is 26.2 Å². The molecule has 3 N–H and O–H groups in total. The molecule has 3 rings (SSSR count). The van der Waals surface area contributed by atoms with Gasteiger partial charge in [-0.2, -0.15) is 0 Å². The smallest absolute Gasteiger partial charge is 0.280 e. The summed E-state index contributed by atoms with van der Waals surface area (Å²) in [6.07, 6.45) is 1.33. The molecule has 2 aromatic carbocycles. The Balaban J connectivity index is 2.04. The minimum Gasteiger partial charge on any atom is -0.506 e. The standard InChI is InChI=1S/C17H14ClN3O3/c18-11-5-7-12(8-6-11)21-17(24)13(15(10-22)20-21)9-19-14-3-1-2-4-16(14)23/h1-9,20,22-23H,10H2. The summed E-state index contributed by atoms with van der Waals surface area (Å²) in [5.74, 6) is 0.00728. The van der Waals surface area contributed by atoms with Crippen molar-refractivity contribution in [1.29, 1.82) is 0 Å². The van der Waals surface area contributed by atoms with Gasteiger partial charge in [-0.05, 0) is 36.4 Å². The molecule has 6 nitrogen and oxygen atoms in total. The van der Waals surface area contributed by atoms with Crippen LogP contribution in [0, 0.1) is 0 Å². The van der Waals surface area contributed by atoms with Crippen molar-refractivity contribution in [2.24, 2.45) is 4.99 Å². The van der Waals surface area contributed by atoms with E-state index in [0.717, 1.165) is 0 Å². The molecule has 0 amide bonds. The number of aliphatic imine (C=N–C) groups is 1. The maximum atomic E-state index is 12.6. The van der Waals surface area contributed by atoms with Crippen molar-refractivity contribution in [1.82, 2.24) is 9.78 Å². The van der Waals surface area contributed by atoms with Crippen LogP contribution >= 0.6 is 11.6 Å². The maximum Gasteiger partial charge on any atom is 0.280 e. The quantitative estimate of drug-likeness (QED) is 0.636. The van der Waals surface area contributed by atoms with E-state index in [1.54, 1.807) is 42.5 Å². The Kier molecular flexibility index (Phi) is 4.50. The lowest BCUT2D eigenvalue weighted by atomic mass is 10.2. The fourth-order valence-electron chi connectivity index (χ4n) is 2.23. The van der Waals surface area contributed by atoms with E-state index in [1.165, 1.54) is 17.0 Å². The highest BCUT2D eigenvalue weighted by atomic mass is 35.5. The number of benzene rings is 2. The molecule has 0 bridgehead atoms. The molecule has 0 aliphatic rings. The topological polar surface area (TPSA) is 90.6 Å². The minimum absolute atomic E-state index is 0.00728. The molecule has 1 aromatic heterocycles. The predicted molar refractivity (Wildman–Crippen MR) is 92.7 cm³/mol. The average molecular weight is 344 g/mol. The number of aromatic nitrogens is 2. The Bertz CT molecular complexity index is 942. The van der Waals surface area contributed by atoms with Gasteiger partial charge in [0.2, 0.25) is 0 Å². The molecule has 0 atom stereocenters. The fraction of sp³-hybridized carbons (Fsp3) is 0.0588. The second-order valence-corrected chi connectivity index (χ2v) is 5.46. The molecule has 0 radical (unpaired) electrons. The molecule has 7 heteroatoms. The first-order valence-corrected chi connectivity index (χ1v) is 7.50. The number of para-hydroxylation sites is 2. The number of rotatable bonds is 4. The van der Waals surface area contributed by atoms with E-state index in [1.807, 2.05) is 0 Å². The van der Waals surface area contributed by atoms with Gasteiger partial charge in [0.05, 0.1) is 23.6 Å². The molecular weight excluding hydrogens is 330 g/mol. The van der Waals surface area contributed by atoms with Gasteiger partial charge in [0.1, 0.15) is 11.4 Å². The number of H-pyrrole nitrogens is 1. The van der Waals surface area contributed by atoms with Crippen LogP contribution in [-0.2, 0) is 6.61 Å². The van der Waals surface area contributed by atoms with Crippen molar-refractivity contribution >= 4 is 23.5 Å². The van der Waals surface area contributed by atoms with Crippen LogP contribution in [0.15, 0.2) is 58.3 Å². The van der Waals surface area contributed by atoms with E-state index in [0.29, 0.717) is 22.1 Å². The molecule has 1 heterocycles. The SMILES string of the molecule is O=c1c(C=Nc2ccccc2O)c(CO)[nH]n1-c1ccc(Cl)cc1. The second kappa shape index (κ2) is 6.74. The zero-order valence-electron chi connectivity index (χ0n) is 12.5. The van der Waals surface area contributed by atoms with Gasteiger partial charge >= 0.3 is 0 Å². The van der Waals surface area contributed by atoms with Gasteiger partial charge in [-0.3, -0.25) is 14.9 Å². The number of aliphatic hydroxyl groups excluding tert-OH is 1. The van der Waals surface area contributed by atoms with Crippen LogP contribution in [0.3, 0.4) is 0 Å². The summed E-state index contributed by atoms with van der Waals surface area (Å²) < 4.78 is 1.30. The van der Waals surface area contributed by atoms with Crippen molar-refractivity contribution in [3.8, 4) is 11.4 Å². The molecule has 0 aliphatic carbocycles. The van der Waals surface area contributed by atoms with Gasteiger partial charge in [-0.25, -0.2) is 4.68 Å². The monoisotopic (exact) mass is 343 g/mol. The van der Waals surface area contributed by atoms with E-state index in [2.05, 4.69) is 10.1 Å². The van der Waals surface area contributed by atoms with Crippen molar-refractivity contribution in [3.63, 3.8) is 0 Å². The normalized spacial score (nSPS) is 11.2. The summed E-state index contributed by atoms with van der Waals surface area (Å²) in [6.45, 7) is -0.349. The fourth-order valence-corrected chi connectivity index (χ4v) is 2.35. The molecule has 24 heavy (non-hydrogen) atoms. The summed E-state index contributed by atoms with van der Waals surface area (Å²) in [7, 11) is 0. The molecule has 0 saturated heterocycles. The first-order chi connectivity index (χ1) is 11.6. The van der Waals surface area contributed by atoms with Crippen LogP contribution < -0.4 is 5.56 Å². The number of phenols is 1. The number of aliphatic hydroxyl groups is 1. The van der Waals surface area contributed by atoms with E-state index < -0.39 is 0 Å². The van der Waals surface area contributed by atoms with Gasteiger partial charge in [-0.15, -0.1) is 0 Å². The zero-order valence-corrected chi connectivity index (χ0v) is 13.2. The summed E-state index contributed by atoms with van der Waals surface area (Å²) >= 11 is 5.85. The largest absolute Gasteiger partial charge is 0.506 e. The van der Waals surface area contributed by atoms with Gasteiger partial charge in [-0.1, -0.05) is 23.7 Å². The lowest BCUT2D eigenvalue weighted by molar-refractivity contribution is 0.276. The molecule has 0 saturated carbocycles. The van der Waals surface area contributed by atoms with E-state index in [4.69, 9.17) is 11.6 Å². The third-order valence-corrected chi connectivity index (χ3v) is 3.71. The highest BCUT2D eigenvalue weighted by molar-refractivity contribution is 6.30.